The summed E-state index contributed by atoms with van der Waals surface area (Å²) in [5.41, 5.74) is 2.40. The van der Waals surface area contributed by atoms with Crippen LogP contribution in [-0.2, 0) is 20.9 Å². The van der Waals surface area contributed by atoms with E-state index in [-0.39, 0.29) is 30.4 Å². The number of aryl methyl sites for hydroxylation is 1. The van der Waals surface area contributed by atoms with Crippen LogP contribution in [0.1, 0.15) is 42.5 Å². The second-order valence-electron chi connectivity index (χ2n) is 8.46. The van der Waals surface area contributed by atoms with Crippen molar-refractivity contribution in [3.8, 4) is 0 Å². The van der Waals surface area contributed by atoms with E-state index in [0.717, 1.165) is 23.8 Å². The molecule has 1 saturated carbocycles. The van der Waals surface area contributed by atoms with Gasteiger partial charge in [-0.25, -0.2) is 19.5 Å². The average molecular weight is 462 g/mol. The number of fused-ring (bicyclic) bond motifs is 2. The molecule has 0 unspecified atom stereocenters. The Balaban J connectivity index is 1.38. The van der Waals surface area contributed by atoms with Crippen molar-refractivity contribution in [2.24, 2.45) is 11.1 Å². The van der Waals surface area contributed by atoms with Crippen LogP contribution in [0.25, 0.3) is 11.0 Å². The fourth-order valence-electron chi connectivity index (χ4n) is 4.99. The van der Waals surface area contributed by atoms with Crippen LogP contribution in [0.4, 0.5) is 10.2 Å². The van der Waals surface area contributed by atoms with Crippen molar-refractivity contribution in [2.75, 3.05) is 11.9 Å². The van der Waals surface area contributed by atoms with E-state index in [2.05, 4.69) is 19.5 Å². The van der Waals surface area contributed by atoms with Crippen molar-refractivity contribution < 1.29 is 22.1 Å². The normalized spacial score (nSPS) is 25.3. The molecular formula is C21H24FN5O4S. The molecule has 1 aromatic carbocycles. The molecule has 4 N–H and O–H groups in total. The van der Waals surface area contributed by atoms with Gasteiger partial charge in [0, 0.05) is 23.7 Å². The van der Waals surface area contributed by atoms with Crippen LogP contribution in [-0.4, -0.2) is 40.8 Å². The Morgan fingerprint density at radius 1 is 1.28 bits per heavy atom. The number of halogens is 1. The van der Waals surface area contributed by atoms with E-state index in [1.807, 2.05) is 22.9 Å². The van der Waals surface area contributed by atoms with E-state index < -0.39 is 16.4 Å². The Hall–Kier alpha value is -2.60. The van der Waals surface area contributed by atoms with Gasteiger partial charge in [0.1, 0.15) is 23.6 Å². The number of anilines is 1. The van der Waals surface area contributed by atoms with Crippen molar-refractivity contribution in [1.82, 2.24) is 14.5 Å². The molecule has 2 aliphatic carbocycles. The van der Waals surface area contributed by atoms with Gasteiger partial charge in [-0.15, -0.1) is 0 Å². The van der Waals surface area contributed by atoms with Gasteiger partial charge < -0.3 is 15.0 Å². The first-order valence-electron chi connectivity index (χ1n) is 10.5. The molecule has 170 valence electrons. The zero-order valence-electron chi connectivity index (χ0n) is 17.2. The maximum atomic E-state index is 14.4. The lowest BCUT2D eigenvalue weighted by molar-refractivity contribution is 0.100. The molecule has 0 amide bonds. The van der Waals surface area contributed by atoms with Gasteiger partial charge in [-0.1, -0.05) is 12.1 Å². The Bertz CT molecular complexity index is 1260. The maximum Gasteiger partial charge on any atom is 0.333 e. The predicted molar refractivity (Wildman–Crippen MR) is 115 cm³/mol. The van der Waals surface area contributed by atoms with Crippen LogP contribution in [0.15, 0.2) is 36.8 Å². The van der Waals surface area contributed by atoms with E-state index in [9.17, 15) is 17.9 Å². The lowest BCUT2D eigenvalue weighted by Crippen LogP contribution is -2.24. The number of rotatable bonds is 6. The highest BCUT2D eigenvalue weighted by Gasteiger charge is 2.35. The number of nitrogens with one attached hydrogen (secondary N) is 1. The van der Waals surface area contributed by atoms with Gasteiger partial charge in [0.2, 0.25) is 0 Å². The first-order valence-corrected chi connectivity index (χ1v) is 12.0. The molecule has 5 rings (SSSR count). The van der Waals surface area contributed by atoms with Gasteiger partial charge in [-0.05, 0) is 43.4 Å². The lowest BCUT2D eigenvalue weighted by atomic mass is 10.1. The molecule has 0 aliphatic heterocycles. The van der Waals surface area contributed by atoms with Crippen LogP contribution in [0, 0.1) is 11.7 Å². The summed E-state index contributed by atoms with van der Waals surface area (Å²) in [6.45, 7) is -0.163. The zero-order valence-corrected chi connectivity index (χ0v) is 18.0. The molecule has 2 aliphatic rings. The summed E-state index contributed by atoms with van der Waals surface area (Å²) in [5, 5.41) is 19.5. The number of nitrogens with zero attached hydrogens (tertiary/aromatic N) is 3. The predicted octanol–water partition coefficient (Wildman–Crippen LogP) is 2.20. The smallest absolute Gasteiger partial charge is 0.333 e. The van der Waals surface area contributed by atoms with E-state index in [0.29, 0.717) is 29.9 Å². The minimum Gasteiger partial charge on any atom is -0.393 e. The first-order chi connectivity index (χ1) is 15.3. The SMILES string of the molecule is NS(=O)(=O)OC[C@H]1C[C@H](n2ccc3c(N[C@H]4CCc5cccc(F)c54)ncnc32)C[C@H]1O. The summed E-state index contributed by atoms with van der Waals surface area (Å²) in [7, 11) is -4.06. The third-order valence-corrected chi connectivity index (χ3v) is 6.95. The van der Waals surface area contributed by atoms with E-state index >= 15 is 0 Å². The van der Waals surface area contributed by atoms with Crippen molar-refractivity contribution in [3.63, 3.8) is 0 Å². The number of aliphatic hydroxyl groups is 1. The summed E-state index contributed by atoms with van der Waals surface area (Å²) in [6.07, 6.45) is 5.19. The fraction of sp³-hybridized carbons (Fsp3) is 0.429. The molecule has 2 aromatic heterocycles. The van der Waals surface area contributed by atoms with Gasteiger partial charge in [0.05, 0.1) is 24.1 Å². The maximum absolute atomic E-state index is 14.4. The molecule has 32 heavy (non-hydrogen) atoms. The van der Waals surface area contributed by atoms with Gasteiger partial charge in [0.25, 0.3) is 0 Å². The summed E-state index contributed by atoms with van der Waals surface area (Å²) in [5.74, 6) is 0.0590. The van der Waals surface area contributed by atoms with Gasteiger partial charge >= 0.3 is 10.3 Å². The number of aromatic nitrogens is 3. The molecule has 0 saturated heterocycles. The average Bonchev–Trinajstić information content (AvgIpc) is 3.44. The highest BCUT2D eigenvalue weighted by Crippen LogP contribution is 2.39. The topological polar surface area (TPSA) is 132 Å². The van der Waals surface area contributed by atoms with Crippen molar-refractivity contribution in [1.29, 1.82) is 0 Å². The molecule has 0 radical (unpaired) electrons. The lowest BCUT2D eigenvalue weighted by Gasteiger charge is -2.17. The van der Waals surface area contributed by atoms with Gasteiger partial charge in [-0.3, -0.25) is 4.18 Å². The minimum atomic E-state index is -4.06. The molecule has 2 heterocycles. The van der Waals surface area contributed by atoms with Crippen molar-refractivity contribution in [3.05, 3.63) is 53.7 Å². The molecule has 3 aromatic rings. The molecule has 4 atom stereocenters. The number of aliphatic hydroxyl groups excluding tert-OH is 1. The number of hydrogen-bond donors (Lipinski definition) is 3. The van der Waals surface area contributed by atoms with Crippen LogP contribution in [0.3, 0.4) is 0 Å². The third kappa shape index (κ3) is 3.96. The number of benzene rings is 1. The Morgan fingerprint density at radius 3 is 2.94 bits per heavy atom. The van der Waals surface area contributed by atoms with E-state index in [1.54, 1.807) is 6.07 Å². The molecule has 11 heteroatoms. The summed E-state index contributed by atoms with van der Waals surface area (Å²) in [4.78, 5) is 8.82. The fourth-order valence-corrected chi connectivity index (χ4v) is 5.35. The second-order valence-corrected chi connectivity index (χ2v) is 9.68. The van der Waals surface area contributed by atoms with Crippen molar-refractivity contribution >= 4 is 27.2 Å². The van der Waals surface area contributed by atoms with Crippen LogP contribution < -0.4 is 10.5 Å². The highest BCUT2D eigenvalue weighted by molar-refractivity contribution is 7.84. The summed E-state index contributed by atoms with van der Waals surface area (Å²) >= 11 is 0. The summed E-state index contributed by atoms with van der Waals surface area (Å²) < 4.78 is 43.2. The monoisotopic (exact) mass is 461 g/mol. The van der Waals surface area contributed by atoms with E-state index in [1.165, 1.54) is 12.4 Å². The van der Waals surface area contributed by atoms with Gasteiger partial charge in [-0.2, -0.15) is 8.42 Å². The molecule has 0 bridgehead atoms. The van der Waals surface area contributed by atoms with Crippen LogP contribution in [0.2, 0.25) is 0 Å². The zero-order chi connectivity index (χ0) is 22.5. The summed E-state index contributed by atoms with van der Waals surface area (Å²) in [6, 6.07) is 6.82. The quantitative estimate of drug-likeness (QED) is 0.513. The number of nitrogens with two attached hydrogens (primary N) is 1. The first kappa shape index (κ1) is 21.3. The minimum absolute atomic E-state index is 0.0796. The van der Waals surface area contributed by atoms with Crippen LogP contribution >= 0.6 is 0 Å². The standard InChI is InChI=1S/C21H24FN5O4S/c22-16-3-1-2-12-4-5-17(19(12)16)26-20-15-6-7-27(21(15)25-11-24-20)14-8-13(18(28)9-14)10-31-32(23,29)30/h1-3,6-7,11,13-14,17-18,28H,4-5,8-10H2,(H2,23,29,30)(H,24,25,26)/t13-,14+,17+,18-/m1/s1. The third-order valence-electron chi connectivity index (χ3n) is 6.49. The Morgan fingerprint density at radius 2 is 2.12 bits per heavy atom. The van der Waals surface area contributed by atoms with Crippen molar-refractivity contribution in [2.45, 2.75) is 43.9 Å². The van der Waals surface area contributed by atoms with Gasteiger partial charge in [0.15, 0.2) is 0 Å². The second kappa shape index (κ2) is 8.07. The van der Waals surface area contributed by atoms with Crippen LogP contribution in [0.5, 0.6) is 0 Å². The highest BCUT2D eigenvalue weighted by atomic mass is 32.2. The van der Waals surface area contributed by atoms with E-state index in [4.69, 9.17) is 5.14 Å². The Labute approximate surface area is 184 Å². The molecular weight excluding hydrogens is 437 g/mol. The molecule has 0 spiro atoms. The Kier molecular flexibility index (Phi) is 5.36. The molecule has 9 nitrogen and oxygen atoms in total. The number of hydrogen-bond acceptors (Lipinski definition) is 7. The largest absolute Gasteiger partial charge is 0.393 e. The molecule has 1 fully saturated rings.